The van der Waals surface area contributed by atoms with Gasteiger partial charge in [0.2, 0.25) is 0 Å². The number of ether oxygens (including phenoxy) is 1. The van der Waals surface area contributed by atoms with E-state index in [1.54, 1.807) is 38.1 Å². The van der Waals surface area contributed by atoms with Crippen molar-refractivity contribution in [1.82, 2.24) is 4.98 Å². The summed E-state index contributed by atoms with van der Waals surface area (Å²) in [6.07, 6.45) is -0.971. The largest absolute Gasteiger partial charge is 0.448 e. The first-order chi connectivity index (χ1) is 11.3. The lowest BCUT2D eigenvalue weighted by molar-refractivity contribution is -0.123. The van der Waals surface area contributed by atoms with Crippen LogP contribution < -0.4 is 5.32 Å². The Bertz CT molecular complexity index is 778. The molecular weight excluding hydrogens is 308 g/mol. The zero-order valence-corrected chi connectivity index (χ0v) is 14.1. The summed E-state index contributed by atoms with van der Waals surface area (Å²) >= 11 is 0. The van der Waals surface area contributed by atoms with Gasteiger partial charge in [-0.25, -0.2) is 4.79 Å². The van der Waals surface area contributed by atoms with Crippen LogP contribution in [0.15, 0.2) is 30.3 Å². The number of carbonyl (C=O) groups excluding carboxylic acids is 3. The normalized spacial score (nSPS) is 11.7. The number of esters is 1. The van der Waals surface area contributed by atoms with Gasteiger partial charge in [-0.2, -0.15) is 0 Å². The van der Waals surface area contributed by atoms with Crippen molar-refractivity contribution in [3.05, 3.63) is 52.8 Å². The predicted octanol–water partition coefficient (Wildman–Crippen LogP) is 3.02. The van der Waals surface area contributed by atoms with Gasteiger partial charge in [-0.15, -0.1) is 0 Å². The lowest BCUT2D eigenvalue weighted by Gasteiger charge is -2.13. The van der Waals surface area contributed by atoms with Gasteiger partial charge in [0.15, 0.2) is 11.9 Å². The summed E-state index contributed by atoms with van der Waals surface area (Å²) in [6, 6.07) is 8.90. The number of nitrogens with one attached hydrogen (secondary N) is 2. The third-order valence-corrected chi connectivity index (χ3v) is 3.69. The van der Waals surface area contributed by atoms with E-state index in [0.29, 0.717) is 22.5 Å². The minimum absolute atomic E-state index is 0.129. The Kier molecular flexibility index (Phi) is 5.18. The first-order valence-corrected chi connectivity index (χ1v) is 7.58. The van der Waals surface area contributed by atoms with E-state index in [0.717, 1.165) is 0 Å². The number of aromatic amines is 1. The first-order valence-electron chi connectivity index (χ1n) is 7.58. The molecule has 0 bridgehead atoms. The van der Waals surface area contributed by atoms with Gasteiger partial charge >= 0.3 is 5.97 Å². The molecule has 1 amide bonds. The Morgan fingerprint density at radius 2 is 1.75 bits per heavy atom. The molecule has 2 N–H and O–H groups in total. The molecule has 1 atom stereocenters. The van der Waals surface area contributed by atoms with Crippen molar-refractivity contribution in [1.29, 1.82) is 0 Å². The molecule has 24 heavy (non-hydrogen) atoms. The van der Waals surface area contributed by atoms with Gasteiger partial charge in [0.1, 0.15) is 5.69 Å². The van der Waals surface area contributed by atoms with E-state index in [1.165, 1.54) is 13.8 Å². The van der Waals surface area contributed by atoms with E-state index >= 15 is 0 Å². The summed E-state index contributed by atoms with van der Waals surface area (Å²) in [5.41, 5.74) is 2.42. The second-order valence-corrected chi connectivity index (χ2v) is 5.58. The van der Waals surface area contributed by atoms with Gasteiger partial charge in [-0.3, -0.25) is 9.59 Å². The summed E-state index contributed by atoms with van der Waals surface area (Å²) in [4.78, 5) is 38.8. The van der Waals surface area contributed by atoms with Gasteiger partial charge in [0, 0.05) is 16.9 Å². The number of anilines is 1. The molecule has 2 rings (SSSR count). The molecule has 0 fully saturated rings. The van der Waals surface area contributed by atoms with E-state index in [1.807, 2.05) is 6.07 Å². The van der Waals surface area contributed by atoms with Crippen molar-refractivity contribution >= 4 is 23.3 Å². The highest BCUT2D eigenvalue weighted by Gasteiger charge is 2.24. The number of amides is 1. The molecule has 126 valence electrons. The standard InChI is InChI=1S/C18H20N2O4/c1-10-15(12(3)21)11(2)19-16(10)18(23)24-13(4)17(22)20-14-8-6-5-7-9-14/h5-9,13,19H,1-4H3,(H,20,22). The molecular formula is C18H20N2O4. The zero-order chi connectivity index (χ0) is 17.9. The molecule has 6 nitrogen and oxygen atoms in total. The maximum absolute atomic E-state index is 12.3. The molecule has 1 unspecified atom stereocenters. The number of rotatable bonds is 5. The molecule has 2 aromatic rings. The molecule has 1 aromatic heterocycles. The number of H-pyrrole nitrogens is 1. The van der Waals surface area contributed by atoms with Crippen molar-refractivity contribution in [2.75, 3.05) is 5.32 Å². The van der Waals surface area contributed by atoms with Crippen molar-refractivity contribution in [3.63, 3.8) is 0 Å². The van der Waals surface area contributed by atoms with Gasteiger partial charge < -0.3 is 15.0 Å². The molecule has 0 aliphatic heterocycles. The molecule has 0 saturated carbocycles. The zero-order valence-electron chi connectivity index (χ0n) is 14.1. The molecule has 0 radical (unpaired) electrons. The number of benzene rings is 1. The van der Waals surface area contributed by atoms with Gasteiger partial charge in [-0.1, -0.05) is 18.2 Å². The Morgan fingerprint density at radius 3 is 2.29 bits per heavy atom. The molecule has 0 aliphatic carbocycles. The van der Waals surface area contributed by atoms with Crippen LogP contribution in [-0.4, -0.2) is 28.7 Å². The van der Waals surface area contributed by atoms with E-state index < -0.39 is 18.0 Å². The van der Waals surface area contributed by atoms with Crippen LogP contribution in [0.25, 0.3) is 0 Å². The minimum atomic E-state index is -0.971. The van der Waals surface area contributed by atoms with Crippen LogP contribution in [0, 0.1) is 13.8 Å². The van der Waals surface area contributed by atoms with Crippen molar-refractivity contribution < 1.29 is 19.1 Å². The number of ketones is 1. The van der Waals surface area contributed by atoms with Crippen molar-refractivity contribution in [2.24, 2.45) is 0 Å². The number of aromatic nitrogens is 1. The molecule has 1 aromatic carbocycles. The third kappa shape index (κ3) is 3.71. The maximum atomic E-state index is 12.3. The fourth-order valence-corrected chi connectivity index (χ4v) is 2.52. The highest BCUT2D eigenvalue weighted by molar-refractivity contribution is 6.02. The van der Waals surface area contributed by atoms with Crippen LogP contribution in [-0.2, 0) is 9.53 Å². The fourth-order valence-electron chi connectivity index (χ4n) is 2.52. The van der Waals surface area contributed by atoms with Crippen LogP contribution in [0.4, 0.5) is 5.69 Å². The average Bonchev–Trinajstić information content (AvgIpc) is 2.83. The number of hydrogen-bond acceptors (Lipinski definition) is 4. The lowest BCUT2D eigenvalue weighted by Crippen LogP contribution is -2.30. The number of Topliss-reactive ketones (excluding diaryl/α,β-unsaturated/α-hetero) is 1. The topological polar surface area (TPSA) is 88.3 Å². The number of carbonyl (C=O) groups is 3. The molecule has 0 aliphatic rings. The van der Waals surface area contributed by atoms with Gasteiger partial charge in [0.25, 0.3) is 5.91 Å². The Morgan fingerprint density at radius 1 is 1.12 bits per heavy atom. The van der Waals surface area contributed by atoms with Crippen LogP contribution in [0.2, 0.25) is 0 Å². The second kappa shape index (κ2) is 7.12. The minimum Gasteiger partial charge on any atom is -0.448 e. The summed E-state index contributed by atoms with van der Waals surface area (Å²) in [6.45, 7) is 6.32. The van der Waals surface area contributed by atoms with Crippen LogP contribution in [0.5, 0.6) is 0 Å². The second-order valence-electron chi connectivity index (χ2n) is 5.58. The summed E-state index contributed by atoms with van der Waals surface area (Å²) in [5, 5.41) is 2.67. The molecule has 1 heterocycles. The van der Waals surface area contributed by atoms with Crippen LogP contribution >= 0.6 is 0 Å². The van der Waals surface area contributed by atoms with E-state index in [2.05, 4.69) is 10.3 Å². The quantitative estimate of drug-likeness (QED) is 0.652. The Hall–Kier alpha value is -2.89. The molecule has 6 heteroatoms. The van der Waals surface area contributed by atoms with E-state index in [9.17, 15) is 14.4 Å². The lowest BCUT2D eigenvalue weighted by atomic mass is 10.1. The monoisotopic (exact) mass is 328 g/mol. The first kappa shape index (κ1) is 17.5. The maximum Gasteiger partial charge on any atom is 0.355 e. The van der Waals surface area contributed by atoms with Crippen LogP contribution in [0.3, 0.4) is 0 Å². The predicted molar refractivity (Wildman–Crippen MR) is 90.2 cm³/mol. The number of hydrogen-bond donors (Lipinski definition) is 2. The smallest absolute Gasteiger partial charge is 0.355 e. The van der Waals surface area contributed by atoms with E-state index in [4.69, 9.17) is 4.74 Å². The summed E-state index contributed by atoms with van der Waals surface area (Å²) in [5.74, 6) is -1.23. The summed E-state index contributed by atoms with van der Waals surface area (Å²) in [7, 11) is 0. The third-order valence-electron chi connectivity index (χ3n) is 3.69. The highest BCUT2D eigenvalue weighted by Crippen LogP contribution is 2.19. The van der Waals surface area contributed by atoms with Crippen molar-refractivity contribution in [2.45, 2.75) is 33.8 Å². The summed E-state index contributed by atoms with van der Waals surface area (Å²) < 4.78 is 5.21. The highest BCUT2D eigenvalue weighted by atomic mass is 16.5. The Balaban J connectivity index is 2.08. The fraction of sp³-hybridized carbons (Fsp3) is 0.278. The molecule has 0 spiro atoms. The van der Waals surface area contributed by atoms with E-state index in [-0.39, 0.29) is 11.5 Å². The molecule has 0 saturated heterocycles. The Labute approximate surface area is 140 Å². The van der Waals surface area contributed by atoms with Crippen molar-refractivity contribution in [3.8, 4) is 0 Å². The number of para-hydroxylation sites is 1. The van der Waals surface area contributed by atoms with Crippen LogP contribution in [0.1, 0.15) is 46.0 Å². The SMILES string of the molecule is CC(=O)c1c(C)[nH]c(C(=O)OC(C)C(=O)Nc2ccccc2)c1C. The average molecular weight is 328 g/mol. The number of aryl methyl sites for hydroxylation is 1. The van der Waals surface area contributed by atoms with Gasteiger partial charge in [-0.05, 0) is 45.4 Å². The van der Waals surface area contributed by atoms with Gasteiger partial charge in [0.05, 0.1) is 0 Å².